The monoisotopic (exact) mass is 558 g/mol. The van der Waals surface area contributed by atoms with Crippen molar-refractivity contribution in [2.75, 3.05) is 6.54 Å². The molecule has 2 aromatic heterocycles. The van der Waals surface area contributed by atoms with E-state index in [1.54, 1.807) is 13.1 Å². The Kier molecular flexibility index (Phi) is 8.06. The maximum Gasteiger partial charge on any atom is 0.326 e. The highest BCUT2D eigenvalue weighted by Gasteiger charge is 2.38. The van der Waals surface area contributed by atoms with E-state index in [2.05, 4.69) is 20.6 Å². The van der Waals surface area contributed by atoms with E-state index >= 15 is 0 Å². The van der Waals surface area contributed by atoms with Crippen molar-refractivity contribution in [2.45, 2.75) is 56.8 Å². The Balaban J connectivity index is 1.19. The second kappa shape index (κ2) is 11.8. The van der Waals surface area contributed by atoms with Gasteiger partial charge in [-0.2, -0.15) is 0 Å². The molecule has 5 rings (SSSR count). The van der Waals surface area contributed by atoms with Gasteiger partial charge in [-0.15, -0.1) is 0 Å². The number of benzene rings is 2. The number of likely N-dealkylation sites (tertiary alicyclic amines) is 1. The first-order chi connectivity index (χ1) is 19.7. The molecular weight excluding hydrogens is 524 g/mol. The van der Waals surface area contributed by atoms with E-state index in [9.17, 15) is 24.3 Å². The summed E-state index contributed by atoms with van der Waals surface area (Å²) in [7, 11) is 0. The van der Waals surface area contributed by atoms with E-state index in [1.165, 1.54) is 4.90 Å². The lowest BCUT2D eigenvalue weighted by atomic mass is 10.0. The predicted octanol–water partition coefficient (Wildman–Crippen LogP) is 1.83. The van der Waals surface area contributed by atoms with Gasteiger partial charge >= 0.3 is 5.97 Å². The number of carboxylic acids is 1. The van der Waals surface area contributed by atoms with Gasteiger partial charge in [0.25, 0.3) is 0 Å². The van der Waals surface area contributed by atoms with Gasteiger partial charge in [-0.1, -0.05) is 36.4 Å². The summed E-state index contributed by atoms with van der Waals surface area (Å²) in [5.41, 5.74) is 9.68. The number of nitrogens with one attached hydrogen (secondary N) is 4. The van der Waals surface area contributed by atoms with Gasteiger partial charge in [0, 0.05) is 47.2 Å². The van der Waals surface area contributed by atoms with Crippen molar-refractivity contribution >= 4 is 45.5 Å². The number of hydrogen-bond acceptors (Lipinski definition) is 5. The normalized spacial score (nSPS) is 17.3. The first-order valence-corrected chi connectivity index (χ1v) is 13.7. The lowest BCUT2D eigenvalue weighted by Crippen LogP contribution is -2.56. The number of carbonyl (C=O) groups excluding carboxylic acids is 3. The van der Waals surface area contributed by atoms with Crippen LogP contribution in [0.1, 0.15) is 30.9 Å². The largest absolute Gasteiger partial charge is 0.480 e. The Morgan fingerprint density at radius 1 is 0.951 bits per heavy atom. The number of fused-ring (bicyclic) bond motifs is 2. The molecule has 41 heavy (non-hydrogen) atoms. The zero-order valence-electron chi connectivity index (χ0n) is 22.7. The Morgan fingerprint density at radius 3 is 2.15 bits per heavy atom. The third kappa shape index (κ3) is 5.94. The molecule has 0 saturated carbocycles. The minimum atomic E-state index is -1.17. The number of aliphatic carboxylic acids is 1. The van der Waals surface area contributed by atoms with Crippen molar-refractivity contribution in [3.8, 4) is 0 Å². The fraction of sp³-hybridized carbons (Fsp3) is 0.333. The van der Waals surface area contributed by atoms with Crippen molar-refractivity contribution in [2.24, 2.45) is 5.73 Å². The highest BCUT2D eigenvalue weighted by molar-refractivity contribution is 5.95. The fourth-order valence-corrected chi connectivity index (χ4v) is 5.55. The Bertz CT molecular complexity index is 1590. The van der Waals surface area contributed by atoms with Gasteiger partial charge in [0.1, 0.15) is 18.1 Å². The SMILES string of the molecule is CC(NC(=O)C(N)Cc1c[nH]c2ccccc12)C(=O)N1CCCC1C(=O)NC(Cc1c[nH]c2ccccc12)C(=O)O. The van der Waals surface area contributed by atoms with Crippen molar-refractivity contribution in [1.82, 2.24) is 25.5 Å². The molecular formula is C30H34N6O5. The lowest BCUT2D eigenvalue weighted by molar-refractivity contribution is -0.144. The van der Waals surface area contributed by atoms with Crippen LogP contribution in [0.3, 0.4) is 0 Å². The van der Waals surface area contributed by atoms with E-state index < -0.39 is 47.9 Å². The van der Waals surface area contributed by atoms with Crippen molar-refractivity contribution in [3.63, 3.8) is 0 Å². The quantitative estimate of drug-likeness (QED) is 0.173. The second-order valence-corrected chi connectivity index (χ2v) is 10.6. The molecule has 0 spiro atoms. The summed E-state index contributed by atoms with van der Waals surface area (Å²) in [5, 5.41) is 17.0. The topological polar surface area (TPSA) is 173 Å². The molecule has 0 radical (unpaired) electrons. The standard InChI is InChI=1S/C30H34N6O5/c1-17(34-27(37)22(31)13-18-15-32-23-9-4-2-7-20(18)23)29(39)36-12-6-11-26(36)28(38)35-25(30(40)41)14-19-16-33-24-10-5-3-8-21(19)24/h2-5,7-10,15-17,22,25-26,32-33H,6,11-14,31H2,1H3,(H,34,37)(H,35,38)(H,40,41). The molecule has 0 bridgehead atoms. The molecule has 0 aliphatic carbocycles. The maximum absolute atomic E-state index is 13.3. The molecule has 1 aliphatic rings. The van der Waals surface area contributed by atoms with Gasteiger partial charge in [-0.25, -0.2) is 4.79 Å². The van der Waals surface area contributed by atoms with E-state index in [4.69, 9.17) is 5.73 Å². The Morgan fingerprint density at radius 2 is 1.54 bits per heavy atom. The third-order valence-corrected chi connectivity index (χ3v) is 7.73. The molecule has 2 aromatic carbocycles. The van der Waals surface area contributed by atoms with Crippen molar-refractivity contribution in [1.29, 1.82) is 0 Å². The summed E-state index contributed by atoms with van der Waals surface area (Å²) in [4.78, 5) is 59.1. The first-order valence-electron chi connectivity index (χ1n) is 13.7. The van der Waals surface area contributed by atoms with Gasteiger partial charge < -0.3 is 36.3 Å². The number of aromatic amines is 2. The van der Waals surface area contributed by atoms with Gasteiger partial charge in [0.15, 0.2) is 0 Å². The number of amides is 3. The van der Waals surface area contributed by atoms with Crippen LogP contribution >= 0.6 is 0 Å². The molecule has 214 valence electrons. The summed E-state index contributed by atoms with van der Waals surface area (Å²) < 4.78 is 0. The van der Waals surface area contributed by atoms with Crippen LogP contribution in [0.5, 0.6) is 0 Å². The summed E-state index contributed by atoms with van der Waals surface area (Å²) in [5.74, 6) is -2.58. The zero-order valence-corrected chi connectivity index (χ0v) is 22.7. The predicted molar refractivity (Wildman–Crippen MR) is 154 cm³/mol. The van der Waals surface area contributed by atoms with Gasteiger partial charge in [-0.05, 0) is 49.4 Å². The van der Waals surface area contributed by atoms with Crippen LogP contribution in [0.15, 0.2) is 60.9 Å². The number of aromatic nitrogens is 2. The minimum Gasteiger partial charge on any atom is -0.480 e. The second-order valence-electron chi connectivity index (χ2n) is 10.6. The fourth-order valence-electron chi connectivity index (χ4n) is 5.55. The van der Waals surface area contributed by atoms with Gasteiger partial charge in [-0.3, -0.25) is 14.4 Å². The molecule has 1 fully saturated rings. The van der Waals surface area contributed by atoms with Gasteiger partial charge in [0.05, 0.1) is 6.04 Å². The molecule has 1 saturated heterocycles. The third-order valence-electron chi connectivity index (χ3n) is 7.73. The lowest BCUT2D eigenvalue weighted by Gasteiger charge is -2.28. The van der Waals surface area contributed by atoms with Crippen LogP contribution in [0, 0.1) is 0 Å². The molecule has 7 N–H and O–H groups in total. The summed E-state index contributed by atoms with van der Waals surface area (Å²) in [6, 6.07) is 11.5. The van der Waals surface area contributed by atoms with E-state index in [-0.39, 0.29) is 6.42 Å². The summed E-state index contributed by atoms with van der Waals surface area (Å²) >= 11 is 0. The average molecular weight is 559 g/mol. The smallest absolute Gasteiger partial charge is 0.326 e. The molecule has 1 aliphatic heterocycles. The van der Waals surface area contributed by atoms with Crippen LogP contribution in [0.4, 0.5) is 0 Å². The highest BCUT2D eigenvalue weighted by atomic mass is 16.4. The van der Waals surface area contributed by atoms with Crippen LogP contribution in [-0.2, 0) is 32.0 Å². The zero-order chi connectivity index (χ0) is 29.1. The van der Waals surface area contributed by atoms with E-state index in [0.29, 0.717) is 25.8 Å². The maximum atomic E-state index is 13.3. The molecule has 11 heteroatoms. The summed E-state index contributed by atoms with van der Waals surface area (Å²) in [6.07, 6.45) is 4.93. The average Bonchev–Trinajstić information content (AvgIpc) is 3.71. The van der Waals surface area contributed by atoms with Crippen LogP contribution in [0.2, 0.25) is 0 Å². The van der Waals surface area contributed by atoms with Gasteiger partial charge in [0.2, 0.25) is 17.7 Å². The van der Waals surface area contributed by atoms with E-state index in [1.807, 2.05) is 54.7 Å². The molecule has 4 aromatic rings. The number of nitrogens with zero attached hydrogens (tertiary/aromatic N) is 1. The number of hydrogen-bond donors (Lipinski definition) is 6. The van der Waals surface area contributed by atoms with Crippen LogP contribution < -0.4 is 16.4 Å². The molecule has 4 atom stereocenters. The van der Waals surface area contributed by atoms with E-state index in [0.717, 1.165) is 32.9 Å². The number of H-pyrrole nitrogens is 2. The number of rotatable bonds is 10. The number of para-hydroxylation sites is 2. The molecule has 3 heterocycles. The Labute approximate surface area is 236 Å². The highest BCUT2D eigenvalue weighted by Crippen LogP contribution is 2.22. The number of carboxylic acid groups (broad SMARTS) is 1. The van der Waals surface area contributed by atoms with Crippen LogP contribution in [-0.4, -0.2) is 74.4 Å². The first kappa shape index (κ1) is 27.9. The molecule has 11 nitrogen and oxygen atoms in total. The molecule has 4 unspecified atom stereocenters. The molecule has 3 amide bonds. The number of carbonyl (C=O) groups is 4. The minimum absolute atomic E-state index is 0.0898. The van der Waals surface area contributed by atoms with Crippen molar-refractivity contribution < 1.29 is 24.3 Å². The Hall–Kier alpha value is -4.64. The van der Waals surface area contributed by atoms with Crippen molar-refractivity contribution in [3.05, 3.63) is 72.1 Å². The number of nitrogens with two attached hydrogens (primary N) is 1. The summed E-state index contributed by atoms with van der Waals surface area (Å²) in [6.45, 7) is 1.89. The van der Waals surface area contributed by atoms with Crippen LogP contribution in [0.25, 0.3) is 21.8 Å².